The smallest absolute Gasteiger partial charge is 0.315 e. The molecule has 2 amide bonds. The highest BCUT2D eigenvalue weighted by molar-refractivity contribution is 5.74. The summed E-state index contributed by atoms with van der Waals surface area (Å²) >= 11 is 0. The number of ether oxygens (including phenoxy) is 1. The molecule has 1 aromatic carbocycles. The third-order valence-corrected chi connectivity index (χ3v) is 3.65. The average molecular weight is 323 g/mol. The molecule has 2 unspecified atom stereocenters. The van der Waals surface area contributed by atoms with Crippen LogP contribution in [0.1, 0.15) is 33.3 Å². The van der Waals surface area contributed by atoms with Crippen LogP contribution < -0.4 is 15.5 Å². The molecular formula is C17H26FN3O2. The molecule has 1 saturated heterocycles. The van der Waals surface area contributed by atoms with Gasteiger partial charge < -0.3 is 20.3 Å². The molecule has 2 N–H and O–H groups in total. The zero-order valence-electron chi connectivity index (χ0n) is 14.2. The van der Waals surface area contributed by atoms with Crippen molar-refractivity contribution in [2.75, 3.05) is 18.0 Å². The molecule has 0 radical (unpaired) electrons. The van der Waals surface area contributed by atoms with Crippen molar-refractivity contribution < 1.29 is 13.9 Å². The van der Waals surface area contributed by atoms with Gasteiger partial charge in [0.05, 0.1) is 17.9 Å². The van der Waals surface area contributed by atoms with Gasteiger partial charge >= 0.3 is 6.03 Å². The molecule has 0 aromatic heterocycles. The van der Waals surface area contributed by atoms with Gasteiger partial charge in [0.2, 0.25) is 0 Å². The molecule has 0 aliphatic carbocycles. The minimum Gasteiger partial charge on any atom is -0.372 e. The fraction of sp³-hybridized carbons (Fsp3) is 0.588. The van der Waals surface area contributed by atoms with Crippen LogP contribution >= 0.6 is 0 Å². The Morgan fingerprint density at radius 2 is 2.00 bits per heavy atom. The Kier molecular flexibility index (Phi) is 5.82. The summed E-state index contributed by atoms with van der Waals surface area (Å²) in [6.45, 7) is 9.41. The zero-order chi connectivity index (χ0) is 17.0. The van der Waals surface area contributed by atoms with Gasteiger partial charge in [-0.05, 0) is 45.4 Å². The van der Waals surface area contributed by atoms with Gasteiger partial charge in [0, 0.05) is 25.7 Å². The molecular weight excluding hydrogens is 297 g/mol. The molecule has 1 heterocycles. The van der Waals surface area contributed by atoms with E-state index in [1.807, 2.05) is 38.7 Å². The van der Waals surface area contributed by atoms with E-state index in [-0.39, 0.29) is 30.1 Å². The van der Waals surface area contributed by atoms with Crippen LogP contribution in [0.2, 0.25) is 0 Å². The Bertz CT molecular complexity index is 541. The van der Waals surface area contributed by atoms with Crippen molar-refractivity contribution in [2.24, 2.45) is 0 Å². The Morgan fingerprint density at radius 1 is 1.35 bits per heavy atom. The van der Waals surface area contributed by atoms with Crippen LogP contribution in [0.5, 0.6) is 0 Å². The molecule has 6 heteroatoms. The van der Waals surface area contributed by atoms with Gasteiger partial charge in [-0.1, -0.05) is 6.07 Å². The molecule has 2 rings (SSSR count). The summed E-state index contributed by atoms with van der Waals surface area (Å²) in [7, 11) is 0. The Labute approximate surface area is 137 Å². The summed E-state index contributed by atoms with van der Waals surface area (Å²) in [5.41, 5.74) is 1.32. The van der Waals surface area contributed by atoms with Crippen molar-refractivity contribution in [1.29, 1.82) is 0 Å². The molecule has 5 nitrogen and oxygen atoms in total. The van der Waals surface area contributed by atoms with E-state index in [1.54, 1.807) is 6.07 Å². The number of rotatable bonds is 4. The van der Waals surface area contributed by atoms with Gasteiger partial charge in [0.25, 0.3) is 0 Å². The van der Waals surface area contributed by atoms with Crippen molar-refractivity contribution in [3.05, 3.63) is 29.6 Å². The second-order valence-corrected chi connectivity index (χ2v) is 6.43. The highest BCUT2D eigenvalue weighted by atomic mass is 19.1. The number of amides is 2. The predicted molar refractivity (Wildman–Crippen MR) is 89.1 cm³/mol. The summed E-state index contributed by atoms with van der Waals surface area (Å²) in [5.74, 6) is -0.269. The number of nitrogens with one attached hydrogen (secondary N) is 2. The molecule has 1 aromatic rings. The number of anilines is 1. The summed E-state index contributed by atoms with van der Waals surface area (Å²) in [6, 6.07) is 4.92. The summed E-state index contributed by atoms with van der Waals surface area (Å²) in [4.78, 5) is 13.6. The number of hydrogen-bond acceptors (Lipinski definition) is 3. The van der Waals surface area contributed by atoms with Crippen molar-refractivity contribution >= 4 is 11.7 Å². The van der Waals surface area contributed by atoms with Gasteiger partial charge in [0.15, 0.2) is 0 Å². The van der Waals surface area contributed by atoms with Crippen LogP contribution in [-0.2, 0) is 11.3 Å². The lowest BCUT2D eigenvalue weighted by atomic mass is 10.1. The number of benzene rings is 1. The van der Waals surface area contributed by atoms with E-state index < -0.39 is 0 Å². The fourth-order valence-electron chi connectivity index (χ4n) is 2.79. The molecule has 1 aliphatic heterocycles. The number of morpholine rings is 1. The number of urea groups is 1. The average Bonchev–Trinajstić information content (AvgIpc) is 2.43. The lowest BCUT2D eigenvalue weighted by Gasteiger charge is -2.37. The number of halogens is 1. The first-order valence-corrected chi connectivity index (χ1v) is 8.08. The fourth-order valence-corrected chi connectivity index (χ4v) is 2.79. The third-order valence-electron chi connectivity index (χ3n) is 3.65. The topological polar surface area (TPSA) is 53.6 Å². The Balaban J connectivity index is 1.99. The zero-order valence-corrected chi connectivity index (χ0v) is 14.2. The number of carbonyl (C=O) groups is 1. The Morgan fingerprint density at radius 3 is 2.57 bits per heavy atom. The highest BCUT2D eigenvalue weighted by Gasteiger charge is 2.24. The lowest BCUT2D eigenvalue weighted by molar-refractivity contribution is -0.00539. The van der Waals surface area contributed by atoms with Crippen LogP contribution in [0.4, 0.5) is 14.9 Å². The maximum atomic E-state index is 14.4. The SMILES string of the molecule is CC(C)NC(=O)NCc1ccc(N2CC(C)OC(C)C2)c(F)c1. The molecule has 1 aliphatic rings. The quantitative estimate of drug-likeness (QED) is 0.896. The third kappa shape index (κ3) is 5.10. The predicted octanol–water partition coefficient (Wildman–Crippen LogP) is 2.65. The number of nitrogens with zero attached hydrogens (tertiary/aromatic N) is 1. The molecule has 23 heavy (non-hydrogen) atoms. The number of carbonyl (C=O) groups excluding carboxylic acids is 1. The van der Waals surface area contributed by atoms with Gasteiger partial charge in [-0.3, -0.25) is 0 Å². The summed E-state index contributed by atoms with van der Waals surface area (Å²) in [5, 5.41) is 5.45. The minimum atomic E-state index is -0.269. The molecule has 0 saturated carbocycles. The molecule has 0 bridgehead atoms. The standard InChI is InChI=1S/C17H26FN3O2/c1-11(2)20-17(22)19-8-14-5-6-16(15(18)7-14)21-9-12(3)23-13(4)10-21/h5-7,11-13H,8-10H2,1-4H3,(H2,19,20,22). The monoisotopic (exact) mass is 323 g/mol. The molecule has 0 spiro atoms. The molecule has 1 fully saturated rings. The van der Waals surface area contributed by atoms with E-state index >= 15 is 0 Å². The van der Waals surface area contributed by atoms with Crippen LogP contribution in [0.15, 0.2) is 18.2 Å². The van der Waals surface area contributed by atoms with Crippen LogP contribution in [-0.4, -0.2) is 37.4 Å². The lowest BCUT2D eigenvalue weighted by Crippen LogP contribution is -2.45. The first-order chi connectivity index (χ1) is 10.8. The van der Waals surface area contributed by atoms with E-state index in [2.05, 4.69) is 10.6 Å². The first-order valence-electron chi connectivity index (χ1n) is 8.08. The van der Waals surface area contributed by atoms with Crippen LogP contribution in [0.3, 0.4) is 0 Å². The van der Waals surface area contributed by atoms with Gasteiger partial charge in [-0.25, -0.2) is 9.18 Å². The van der Waals surface area contributed by atoms with E-state index in [0.717, 1.165) is 5.56 Å². The minimum absolute atomic E-state index is 0.0689. The van der Waals surface area contributed by atoms with E-state index in [9.17, 15) is 9.18 Å². The van der Waals surface area contributed by atoms with Crippen molar-refractivity contribution in [1.82, 2.24) is 10.6 Å². The van der Waals surface area contributed by atoms with Crippen LogP contribution in [0, 0.1) is 5.82 Å². The van der Waals surface area contributed by atoms with Crippen LogP contribution in [0.25, 0.3) is 0 Å². The summed E-state index contributed by atoms with van der Waals surface area (Å²) < 4.78 is 20.1. The highest BCUT2D eigenvalue weighted by Crippen LogP contribution is 2.24. The maximum absolute atomic E-state index is 14.4. The maximum Gasteiger partial charge on any atom is 0.315 e. The number of hydrogen-bond donors (Lipinski definition) is 2. The van der Waals surface area contributed by atoms with Gasteiger partial charge in [-0.2, -0.15) is 0 Å². The first kappa shape index (κ1) is 17.5. The largest absolute Gasteiger partial charge is 0.372 e. The van der Waals surface area contributed by atoms with E-state index in [0.29, 0.717) is 25.3 Å². The Hall–Kier alpha value is -1.82. The normalized spacial score (nSPS) is 21.4. The second-order valence-electron chi connectivity index (χ2n) is 6.43. The van der Waals surface area contributed by atoms with Gasteiger partial charge in [0.1, 0.15) is 5.82 Å². The second kappa shape index (κ2) is 7.64. The van der Waals surface area contributed by atoms with E-state index in [1.165, 1.54) is 6.07 Å². The molecule has 2 atom stereocenters. The molecule has 128 valence electrons. The van der Waals surface area contributed by atoms with Gasteiger partial charge in [-0.15, -0.1) is 0 Å². The summed E-state index contributed by atoms with van der Waals surface area (Å²) in [6.07, 6.45) is 0.165. The van der Waals surface area contributed by atoms with Crippen molar-refractivity contribution in [3.8, 4) is 0 Å². The van der Waals surface area contributed by atoms with Crippen molar-refractivity contribution in [3.63, 3.8) is 0 Å². The van der Waals surface area contributed by atoms with Crippen molar-refractivity contribution in [2.45, 2.75) is 52.5 Å². The van der Waals surface area contributed by atoms with E-state index in [4.69, 9.17) is 4.74 Å².